The monoisotopic (exact) mass is 397 g/mol. The van der Waals surface area contributed by atoms with Gasteiger partial charge in [-0.25, -0.2) is 0 Å². The van der Waals surface area contributed by atoms with E-state index >= 15 is 0 Å². The smallest absolute Gasteiger partial charge is 0.213 e. The van der Waals surface area contributed by atoms with E-state index in [2.05, 4.69) is 107 Å². The van der Waals surface area contributed by atoms with E-state index in [-0.39, 0.29) is 0 Å². The van der Waals surface area contributed by atoms with E-state index in [0.29, 0.717) is 18.6 Å². The van der Waals surface area contributed by atoms with Gasteiger partial charge in [0.2, 0.25) is 6.29 Å². The minimum Gasteiger partial charge on any atom is -0.293 e. The molecule has 0 aromatic heterocycles. The van der Waals surface area contributed by atoms with Gasteiger partial charge in [-0.3, -0.25) is 14.6 Å². The van der Waals surface area contributed by atoms with Crippen LogP contribution in [0.3, 0.4) is 0 Å². The lowest BCUT2D eigenvalue weighted by Crippen LogP contribution is -2.59. The number of hydrogen-bond acceptors (Lipinski definition) is 3. The second kappa shape index (κ2) is 10.3. The van der Waals surface area contributed by atoms with E-state index in [0.717, 1.165) is 32.5 Å². The molecule has 3 aromatic rings. The average molecular weight is 398 g/mol. The molecule has 0 amide bonds. The number of nitrogens with zero attached hydrogens (tertiary/aromatic N) is 2. The molecule has 30 heavy (non-hydrogen) atoms. The third-order valence-corrected chi connectivity index (χ3v) is 6.00. The van der Waals surface area contributed by atoms with Crippen LogP contribution in [0.1, 0.15) is 16.7 Å². The molecule has 0 N–H and O–H groups in total. The van der Waals surface area contributed by atoms with E-state index in [4.69, 9.17) is 0 Å². The quantitative estimate of drug-likeness (QED) is 0.571. The topological polar surface area (TPSA) is 23.6 Å². The molecule has 3 heteroatoms. The van der Waals surface area contributed by atoms with Gasteiger partial charge in [0.15, 0.2) is 0 Å². The SMILES string of the molecule is O=[C]CN1CC(Cc2ccccc2)N(Cc2ccccc2)C(Cc2ccccc2)C1. The highest BCUT2D eigenvalue weighted by molar-refractivity contribution is 5.53. The summed E-state index contributed by atoms with van der Waals surface area (Å²) in [6.45, 7) is 3.09. The average Bonchev–Trinajstić information content (AvgIpc) is 2.78. The Hall–Kier alpha value is -2.75. The van der Waals surface area contributed by atoms with Crippen molar-refractivity contribution in [2.24, 2.45) is 0 Å². The zero-order valence-electron chi connectivity index (χ0n) is 17.4. The molecule has 2 atom stereocenters. The molecule has 1 aliphatic rings. The summed E-state index contributed by atoms with van der Waals surface area (Å²) in [5.74, 6) is 0. The van der Waals surface area contributed by atoms with E-state index in [1.54, 1.807) is 0 Å². The van der Waals surface area contributed by atoms with Gasteiger partial charge in [0.25, 0.3) is 0 Å². The molecule has 0 bridgehead atoms. The normalized spacial score (nSPS) is 20.1. The van der Waals surface area contributed by atoms with Crippen molar-refractivity contribution in [3.63, 3.8) is 0 Å². The van der Waals surface area contributed by atoms with Gasteiger partial charge in [-0.2, -0.15) is 0 Å². The number of carbonyl (C=O) groups excluding carboxylic acids is 1. The summed E-state index contributed by atoms with van der Waals surface area (Å²) in [6, 6.07) is 32.8. The van der Waals surface area contributed by atoms with E-state index in [9.17, 15) is 4.79 Å². The van der Waals surface area contributed by atoms with E-state index in [1.165, 1.54) is 16.7 Å². The molecule has 3 aromatic carbocycles. The molecule has 3 nitrogen and oxygen atoms in total. The fourth-order valence-electron chi connectivity index (χ4n) is 4.59. The van der Waals surface area contributed by atoms with E-state index in [1.807, 2.05) is 0 Å². The maximum absolute atomic E-state index is 11.2. The first-order valence-electron chi connectivity index (χ1n) is 10.8. The van der Waals surface area contributed by atoms with Crippen LogP contribution in [0.4, 0.5) is 0 Å². The predicted octanol–water partition coefficient (Wildman–Crippen LogP) is 4.14. The van der Waals surface area contributed by atoms with Crippen LogP contribution in [0, 0.1) is 0 Å². The van der Waals surface area contributed by atoms with Crippen LogP contribution < -0.4 is 0 Å². The van der Waals surface area contributed by atoms with Crippen molar-refractivity contribution < 1.29 is 4.79 Å². The van der Waals surface area contributed by atoms with Crippen molar-refractivity contribution in [1.29, 1.82) is 0 Å². The van der Waals surface area contributed by atoms with E-state index < -0.39 is 0 Å². The number of rotatable bonds is 8. The maximum atomic E-state index is 11.2. The van der Waals surface area contributed by atoms with Gasteiger partial charge in [-0.1, -0.05) is 91.0 Å². The molecule has 0 saturated carbocycles. The lowest BCUT2D eigenvalue weighted by atomic mass is 9.94. The lowest BCUT2D eigenvalue weighted by Gasteiger charge is -2.47. The predicted molar refractivity (Wildman–Crippen MR) is 122 cm³/mol. The Labute approximate surface area is 180 Å². The van der Waals surface area contributed by atoms with Gasteiger partial charge in [0.05, 0.1) is 6.54 Å². The summed E-state index contributed by atoms with van der Waals surface area (Å²) in [6.07, 6.45) is 4.09. The number of benzene rings is 3. The molecule has 1 heterocycles. The molecule has 1 fully saturated rings. The molecule has 4 rings (SSSR count). The summed E-state index contributed by atoms with van der Waals surface area (Å²) in [4.78, 5) is 16.1. The van der Waals surface area contributed by atoms with Gasteiger partial charge in [-0.05, 0) is 29.5 Å². The zero-order valence-corrected chi connectivity index (χ0v) is 17.4. The first-order chi connectivity index (χ1) is 14.8. The highest BCUT2D eigenvalue weighted by Crippen LogP contribution is 2.24. The fourth-order valence-corrected chi connectivity index (χ4v) is 4.59. The van der Waals surface area contributed by atoms with Crippen LogP contribution >= 0.6 is 0 Å². The van der Waals surface area contributed by atoms with Crippen LogP contribution in [0.25, 0.3) is 0 Å². The first kappa shape index (κ1) is 20.5. The molecular formula is C27H29N2O. The van der Waals surface area contributed by atoms with Crippen molar-refractivity contribution in [3.05, 3.63) is 108 Å². The fraction of sp³-hybridized carbons (Fsp3) is 0.296. The van der Waals surface area contributed by atoms with Crippen molar-refractivity contribution >= 4 is 6.29 Å². The second-order valence-electron chi connectivity index (χ2n) is 8.18. The summed E-state index contributed by atoms with van der Waals surface area (Å²) in [5, 5.41) is 0. The Balaban J connectivity index is 1.62. The number of piperazine rings is 1. The minimum atomic E-state index is 0.350. The summed E-state index contributed by atoms with van der Waals surface area (Å²) in [5.41, 5.74) is 4.02. The third-order valence-electron chi connectivity index (χ3n) is 6.00. The lowest BCUT2D eigenvalue weighted by molar-refractivity contribution is 0.0236. The molecule has 1 saturated heterocycles. The molecular weight excluding hydrogens is 368 g/mol. The maximum Gasteiger partial charge on any atom is 0.213 e. The van der Waals surface area contributed by atoms with Gasteiger partial charge in [0, 0.05) is 31.7 Å². The molecule has 1 aliphatic heterocycles. The molecule has 2 unspecified atom stereocenters. The number of hydrogen-bond donors (Lipinski definition) is 0. The Bertz CT molecular complexity index is 846. The Morgan fingerprint density at radius 3 is 1.53 bits per heavy atom. The third kappa shape index (κ3) is 5.44. The first-order valence-corrected chi connectivity index (χ1v) is 10.8. The van der Waals surface area contributed by atoms with Gasteiger partial charge in [-0.15, -0.1) is 0 Å². The molecule has 153 valence electrons. The zero-order chi connectivity index (χ0) is 20.6. The van der Waals surface area contributed by atoms with Crippen LogP contribution in [0.2, 0.25) is 0 Å². The van der Waals surface area contributed by atoms with Crippen molar-refractivity contribution in [2.45, 2.75) is 31.5 Å². The Kier molecular flexibility index (Phi) is 7.07. The standard InChI is InChI=1S/C27H29N2O/c30-17-16-28-21-26(18-23-10-4-1-5-11-23)29(20-25-14-8-3-9-15-25)27(22-28)19-24-12-6-2-7-13-24/h1-15,26-27H,16,18-22H2. The summed E-state index contributed by atoms with van der Waals surface area (Å²) in [7, 11) is 0. The van der Waals surface area contributed by atoms with Crippen molar-refractivity contribution in [2.75, 3.05) is 19.6 Å². The Morgan fingerprint density at radius 1 is 0.667 bits per heavy atom. The van der Waals surface area contributed by atoms with Gasteiger partial charge in [0.1, 0.15) is 0 Å². The molecule has 0 aliphatic carbocycles. The van der Waals surface area contributed by atoms with Gasteiger partial charge >= 0.3 is 0 Å². The van der Waals surface area contributed by atoms with Crippen LogP contribution in [-0.2, 0) is 24.2 Å². The molecule has 0 spiro atoms. The highest BCUT2D eigenvalue weighted by atomic mass is 16.1. The van der Waals surface area contributed by atoms with Crippen LogP contribution in [0.15, 0.2) is 91.0 Å². The van der Waals surface area contributed by atoms with Crippen LogP contribution in [-0.4, -0.2) is 47.8 Å². The summed E-state index contributed by atoms with van der Waals surface area (Å²) < 4.78 is 0. The molecule has 1 radical (unpaired) electrons. The van der Waals surface area contributed by atoms with Gasteiger partial charge < -0.3 is 0 Å². The largest absolute Gasteiger partial charge is 0.293 e. The Morgan fingerprint density at radius 2 is 1.10 bits per heavy atom. The second-order valence-corrected chi connectivity index (χ2v) is 8.18. The van der Waals surface area contributed by atoms with Crippen molar-refractivity contribution in [3.8, 4) is 0 Å². The van der Waals surface area contributed by atoms with Crippen LogP contribution in [0.5, 0.6) is 0 Å². The van der Waals surface area contributed by atoms with Crippen molar-refractivity contribution in [1.82, 2.24) is 9.80 Å². The summed E-state index contributed by atoms with van der Waals surface area (Å²) >= 11 is 0. The highest BCUT2D eigenvalue weighted by Gasteiger charge is 2.34. The minimum absolute atomic E-state index is 0.350.